The standard InChI is InChI=1S/C25H35N5O/c1-2-3-4-5-6-7-11-30-23-9-8-19(20-16-27-25(26)28-17-20)15-21(23)22-18-29(13-14-31)12-10-24(22)30/h8-9,15-17,31H,2-7,10-14,18H2,1H3,(H2,26,27,28). The normalized spacial score (nSPS) is 14.3. The van der Waals surface area contributed by atoms with E-state index >= 15 is 0 Å². The van der Waals surface area contributed by atoms with Gasteiger partial charge >= 0.3 is 0 Å². The average Bonchev–Trinajstić information content (AvgIpc) is 3.09. The van der Waals surface area contributed by atoms with Crippen molar-refractivity contribution in [2.75, 3.05) is 25.4 Å². The van der Waals surface area contributed by atoms with E-state index < -0.39 is 0 Å². The number of nitrogens with zero attached hydrogens (tertiary/aromatic N) is 4. The molecule has 0 fully saturated rings. The molecule has 6 heteroatoms. The second kappa shape index (κ2) is 10.2. The Kier molecular flexibility index (Phi) is 7.20. The molecule has 0 radical (unpaired) electrons. The molecule has 4 rings (SSSR count). The molecule has 166 valence electrons. The second-order valence-corrected chi connectivity index (χ2v) is 8.66. The molecular weight excluding hydrogens is 386 g/mol. The Balaban J connectivity index is 1.64. The molecule has 2 aromatic heterocycles. The molecule has 3 heterocycles. The monoisotopic (exact) mass is 421 g/mol. The highest BCUT2D eigenvalue weighted by molar-refractivity contribution is 5.90. The highest BCUT2D eigenvalue weighted by atomic mass is 16.3. The van der Waals surface area contributed by atoms with Crippen LogP contribution in [0.4, 0.5) is 5.95 Å². The largest absolute Gasteiger partial charge is 0.395 e. The first-order valence-corrected chi connectivity index (χ1v) is 11.8. The maximum atomic E-state index is 9.43. The predicted molar refractivity (Wildman–Crippen MR) is 127 cm³/mol. The Hall–Kier alpha value is -2.44. The molecule has 1 aliphatic heterocycles. The lowest BCUT2D eigenvalue weighted by molar-refractivity contribution is 0.183. The number of aromatic nitrogens is 3. The van der Waals surface area contributed by atoms with Gasteiger partial charge < -0.3 is 15.4 Å². The van der Waals surface area contributed by atoms with E-state index in [-0.39, 0.29) is 6.61 Å². The van der Waals surface area contributed by atoms with Crippen LogP contribution in [0, 0.1) is 0 Å². The first kappa shape index (κ1) is 21.8. The molecule has 0 spiro atoms. The van der Waals surface area contributed by atoms with Gasteiger partial charge in [0.25, 0.3) is 0 Å². The van der Waals surface area contributed by atoms with Crippen LogP contribution in [0.5, 0.6) is 0 Å². The molecule has 31 heavy (non-hydrogen) atoms. The first-order chi connectivity index (χ1) is 15.2. The molecule has 0 aliphatic carbocycles. The Morgan fingerprint density at radius 3 is 2.55 bits per heavy atom. The fraction of sp³-hybridized carbons (Fsp3) is 0.520. The van der Waals surface area contributed by atoms with E-state index in [9.17, 15) is 5.11 Å². The van der Waals surface area contributed by atoms with Gasteiger partial charge in [-0.25, -0.2) is 9.97 Å². The van der Waals surface area contributed by atoms with Gasteiger partial charge in [0.1, 0.15) is 0 Å². The number of aliphatic hydroxyl groups excluding tert-OH is 1. The summed E-state index contributed by atoms with van der Waals surface area (Å²) in [7, 11) is 0. The van der Waals surface area contributed by atoms with Crippen LogP contribution in [0.2, 0.25) is 0 Å². The highest BCUT2D eigenvalue weighted by Gasteiger charge is 2.24. The van der Waals surface area contributed by atoms with E-state index in [1.165, 1.54) is 60.7 Å². The van der Waals surface area contributed by atoms with Crippen molar-refractivity contribution in [3.63, 3.8) is 0 Å². The molecule has 0 bridgehead atoms. The fourth-order valence-electron chi connectivity index (χ4n) is 4.81. The van der Waals surface area contributed by atoms with E-state index in [2.05, 4.69) is 44.6 Å². The van der Waals surface area contributed by atoms with E-state index in [1.807, 2.05) is 0 Å². The van der Waals surface area contributed by atoms with Gasteiger partial charge in [-0.3, -0.25) is 4.90 Å². The molecule has 0 unspecified atom stereocenters. The van der Waals surface area contributed by atoms with Crippen LogP contribution < -0.4 is 5.73 Å². The van der Waals surface area contributed by atoms with Crippen LogP contribution in [0.25, 0.3) is 22.0 Å². The number of aryl methyl sites for hydroxylation is 1. The minimum atomic E-state index is 0.208. The third kappa shape index (κ3) is 4.91. The van der Waals surface area contributed by atoms with Crippen LogP contribution >= 0.6 is 0 Å². The maximum absolute atomic E-state index is 9.43. The third-order valence-electron chi connectivity index (χ3n) is 6.49. The lowest BCUT2D eigenvalue weighted by atomic mass is 10.0. The van der Waals surface area contributed by atoms with Crippen molar-refractivity contribution >= 4 is 16.9 Å². The van der Waals surface area contributed by atoms with Crippen LogP contribution in [-0.4, -0.2) is 44.2 Å². The third-order valence-corrected chi connectivity index (χ3v) is 6.49. The second-order valence-electron chi connectivity index (χ2n) is 8.66. The minimum absolute atomic E-state index is 0.208. The van der Waals surface area contributed by atoms with Crippen molar-refractivity contribution in [3.8, 4) is 11.1 Å². The lowest BCUT2D eigenvalue weighted by Gasteiger charge is -2.27. The van der Waals surface area contributed by atoms with Gasteiger partial charge in [0.15, 0.2) is 0 Å². The molecule has 0 saturated heterocycles. The molecule has 1 aliphatic rings. The topological polar surface area (TPSA) is 80.2 Å². The van der Waals surface area contributed by atoms with Crippen molar-refractivity contribution in [2.24, 2.45) is 0 Å². The minimum Gasteiger partial charge on any atom is -0.395 e. The van der Waals surface area contributed by atoms with Gasteiger partial charge in [-0.15, -0.1) is 0 Å². The molecule has 0 atom stereocenters. The Morgan fingerprint density at radius 2 is 1.77 bits per heavy atom. The molecule has 3 aromatic rings. The summed E-state index contributed by atoms with van der Waals surface area (Å²) in [6.07, 6.45) is 12.5. The van der Waals surface area contributed by atoms with Crippen LogP contribution in [0.1, 0.15) is 56.7 Å². The molecule has 0 saturated carbocycles. The summed E-state index contributed by atoms with van der Waals surface area (Å²) in [5.41, 5.74) is 12.0. The fourth-order valence-corrected chi connectivity index (χ4v) is 4.81. The van der Waals surface area contributed by atoms with Gasteiger partial charge in [-0.2, -0.15) is 0 Å². The van der Waals surface area contributed by atoms with Gasteiger partial charge in [0.2, 0.25) is 5.95 Å². The summed E-state index contributed by atoms with van der Waals surface area (Å²) in [5.74, 6) is 0.298. The predicted octanol–water partition coefficient (Wildman–Crippen LogP) is 4.39. The number of aliphatic hydroxyl groups is 1. The molecule has 1 aromatic carbocycles. The number of hydrogen-bond donors (Lipinski definition) is 2. The number of rotatable bonds is 10. The zero-order chi connectivity index (χ0) is 21.6. The SMILES string of the molecule is CCCCCCCCn1c2c(c3cc(-c4cnc(N)nc4)ccc31)CN(CCO)CC2. The van der Waals surface area contributed by atoms with Crippen LogP contribution in [0.15, 0.2) is 30.6 Å². The number of benzene rings is 1. The number of hydrogen-bond acceptors (Lipinski definition) is 5. The van der Waals surface area contributed by atoms with Gasteiger partial charge in [-0.1, -0.05) is 45.1 Å². The maximum Gasteiger partial charge on any atom is 0.219 e. The zero-order valence-electron chi connectivity index (χ0n) is 18.7. The lowest BCUT2D eigenvalue weighted by Crippen LogP contribution is -2.33. The molecular formula is C25H35N5O. The average molecular weight is 422 g/mol. The summed E-state index contributed by atoms with van der Waals surface area (Å²) in [6.45, 7) is 6.21. The summed E-state index contributed by atoms with van der Waals surface area (Å²) in [6, 6.07) is 6.71. The number of β-amino-alcohol motifs (C(OH)–C–C–N with tert-alkyl or cyclic N) is 1. The molecule has 3 N–H and O–H groups in total. The summed E-state index contributed by atoms with van der Waals surface area (Å²) >= 11 is 0. The quantitative estimate of drug-likeness (QED) is 0.475. The number of nitrogens with two attached hydrogens (primary N) is 1. The smallest absolute Gasteiger partial charge is 0.219 e. The van der Waals surface area contributed by atoms with E-state index in [4.69, 9.17) is 5.73 Å². The number of anilines is 1. The van der Waals surface area contributed by atoms with E-state index in [0.717, 1.165) is 43.7 Å². The van der Waals surface area contributed by atoms with Crippen molar-refractivity contribution in [1.82, 2.24) is 19.4 Å². The Labute approximate surface area is 185 Å². The number of unbranched alkanes of at least 4 members (excludes halogenated alkanes) is 5. The summed E-state index contributed by atoms with van der Waals surface area (Å²) in [5, 5.41) is 10.8. The van der Waals surface area contributed by atoms with E-state index in [0.29, 0.717) is 5.95 Å². The number of fused-ring (bicyclic) bond motifs is 3. The zero-order valence-corrected chi connectivity index (χ0v) is 18.7. The highest BCUT2D eigenvalue weighted by Crippen LogP contribution is 2.34. The van der Waals surface area contributed by atoms with E-state index in [1.54, 1.807) is 12.4 Å². The Bertz CT molecular complexity index is 995. The van der Waals surface area contributed by atoms with Crippen molar-refractivity contribution < 1.29 is 5.11 Å². The first-order valence-electron chi connectivity index (χ1n) is 11.8. The summed E-state index contributed by atoms with van der Waals surface area (Å²) in [4.78, 5) is 10.7. The van der Waals surface area contributed by atoms with Crippen LogP contribution in [0.3, 0.4) is 0 Å². The van der Waals surface area contributed by atoms with Crippen molar-refractivity contribution in [2.45, 2.75) is 65.0 Å². The van der Waals surface area contributed by atoms with Gasteiger partial charge in [-0.05, 0) is 29.7 Å². The van der Waals surface area contributed by atoms with Crippen molar-refractivity contribution in [1.29, 1.82) is 0 Å². The van der Waals surface area contributed by atoms with Crippen LogP contribution in [-0.2, 0) is 19.5 Å². The van der Waals surface area contributed by atoms with Crippen molar-refractivity contribution in [3.05, 3.63) is 41.9 Å². The van der Waals surface area contributed by atoms with Gasteiger partial charge in [0, 0.05) is 67.2 Å². The number of nitrogen functional groups attached to an aromatic ring is 1. The summed E-state index contributed by atoms with van der Waals surface area (Å²) < 4.78 is 2.56. The Morgan fingerprint density at radius 1 is 1.00 bits per heavy atom. The molecule has 0 amide bonds. The molecule has 6 nitrogen and oxygen atoms in total. The van der Waals surface area contributed by atoms with Gasteiger partial charge in [0.05, 0.1) is 6.61 Å².